The maximum atomic E-state index is 8.69. The summed E-state index contributed by atoms with van der Waals surface area (Å²) in [5.41, 5.74) is 6.12. The van der Waals surface area contributed by atoms with Crippen molar-refractivity contribution in [2.75, 3.05) is 40.5 Å². The first kappa shape index (κ1) is 15.4. The van der Waals surface area contributed by atoms with Gasteiger partial charge in [0.15, 0.2) is 17.3 Å². The van der Waals surface area contributed by atoms with Gasteiger partial charge in [-0.05, 0) is 25.2 Å². The number of hydrogen-bond acceptors (Lipinski definition) is 6. The number of likely N-dealkylation sites (N-methyl/N-ethyl adjacent to an activating group) is 1. The molecule has 7 heteroatoms. The van der Waals surface area contributed by atoms with E-state index in [1.807, 2.05) is 0 Å². The first-order chi connectivity index (χ1) is 10.1. The van der Waals surface area contributed by atoms with Gasteiger partial charge in [0.1, 0.15) is 12.7 Å². The highest BCUT2D eigenvalue weighted by Gasteiger charge is 2.19. The van der Waals surface area contributed by atoms with Crippen LogP contribution in [0.1, 0.15) is 5.56 Å². The third-order valence-corrected chi connectivity index (χ3v) is 3.33. The summed E-state index contributed by atoms with van der Waals surface area (Å²) >= 11 is 0. The van der Waals surface area contributed by atoms with Gasteiger partial charge in [-0.25, -0.2) is 0 Å². The minimum atomic E-state index is 0.0251. The number of oxime groups is 1. The SMILES string of the molecule is COc1cc(C(N)=NO)ccc1OCC1CN(C)CCO1. The van der Waals surface area contributed by atoms with Crippen LogP contribution in [0.2, 0.25) is 0 Å². The number of ether oxygens (including phenoxy) is 3. The lowest BCUT2D eigenvalue weighted by atomic mass is 10.2. The molecule has 1 aromatic carbocycles. The Hall–Kier alpha value is -1.99. The number of methoxy groups -OCH3 is 1. The Morgan fingerprint density at radius 1 is 1.52 bits per heavy atom. The van der Waals surface area contributed by atoms with Crippen LogP contribution in [0.3, 0.4) is 0 Å². The van der Waals surface area contributed by atoms with Crippen LogP contribution < -0.4 is 15.2 Å². The lowest BCUT2D eigenvalue weighted by Gasteiger charge is -2.30. The molecule has 1 heterocycles. The van der Waals surface area contributed by atoms with E-state index in [2.05, 4.69) is 17.1 Å². The van der Waals surface area contributed by atoms with Gasteiger partial charge in [0.05, 0.1) is 13.7 Å². The third-order valence-electron chi connectivity index (χ3n) is 3.33. The minimum Gasteiger partial charge on any atom is -0.493 e. The Labute approximate surface area is 123 Å². The average molecular weight is 295 g/mol. The molecule has 1 aromatic rings. The lowest BCUT2D eigenvalue weighted by Crippen LogP contribution is -2.42. The molecular weight excluding hydrogens is 274 g/mol. The largest absolute Gasteiger partial charge is 0.493 e. The molecule has 21 heavy (non-hydrogen) atoms. The quantitative estimate of drug-likeness (QED) is 0.356. The summed E-state index contributed by atoms with van der Waals surface area (Å²) < 4.78 is 16.7. The van der Waals surface area contributed by atoms with Gasteiger partial charge in [-0.15, -0.1) is 0 Å². The molecule has 0 saturated carbocycles. The molecule has 0 radical (unpaired) electrons. The Kier molecular flexibility index (Phi) is 5.24. The summed E-state index contributed by atoms with van der Waals surface area (Å²) in [7, 11) is 3.60. The zero-order valence-electron chi connectivity index (χ0n) is 12.3. The Bertz CT molecular complexity index is 507. The van der Waals surface area contributed by atoms with E-state index < -0.39 is 0 Å². The number of benzene rings is 1. The fourth-order valence-electron chi connectivity index (χ4n) is 2.15. The molecule has 0 amide bonds. The van der Waals surface area contributed by atoms with E-state index in [1.165, 1.54) is 0 Å². The highest BCUT2D eigenvalue weighted by atomic mass is 16.5. The van der Waals surface area contributed by atoms with Crippen molar-refractivity contribution < 1.29 is 19.4 Å². The molecule has 1 atom stereocenters. The maximum absolute atomic E-state index is 8.69. The molecule has 0 aliphatic carbocycles. The fraction of sp³-hybridized carbons (Fsp3) is 0.500. The van der Waals surface area contributed by atoms with Crippen molar-refractivity contribution in [1.82, 2.24) is 4.90 Å². The zero-order chi connectivity index (χ0) is 15.2. The van der Waals surface area contributed by atoms with Gasteiger partial charge < -0.3 is 30.1 Å². The number of rotatable bonds is 5. The smallest absolute Gasteiger partial charge is 0.170 e. The lowest BCUT2D eigenvalue weighted by molar-refractivity contribution is -0.0406. The molecule has 0 aromatic heterocycles. The molecule has 7 nitrogen and oxygen atoms in total. The highest BCUT2D eigenvalue weighted by Crippen LogP contribution is 2.28. The summed E-state index contributed by atoms with van der Waals surface area (Å²) in [6.07, 6.45) is 0.0391. The summed E-state index contributed by atoms with van der Waals surface area (Å²) in [5, 5.41) is 11.7. The van der Waals surface area contributed by atoms with Crippen molar-refractivity contribution in [3.63, 3.8) is 0 Å². The molecule has 1 aliphatic rings. The van der Waals surface area contributed by atoms with E-state index >= 15 is 0 Å². The molecule has 0 spiro atoms. The standard InChI is InChI=1S/C14H21N3O4/c1-17-5-6-20-11(8-17)9-21-12-4-3-10(14(15)16-18)7-13(12)19-2/h3-4,7,11,18H,5-6,8-9H2,1-2H3,(H2,15,16). The molecule has 3 N–H and O–H groups in total. The molecular formula is C14H21N3O4. The zero-order valence-corrected chi connectivity index (χ0v) is 12.3. The minimum absolute atomic E-state index is 0.0251. The fourth-order valence-corrected chi connectivity index (χ4v) is 2.15. The summed E-state index contributed by atoms with van der Waals surface area (Å²) in [5.74, 6) is 1.16. The van der Waals surface area contributed by atoms with Crippen LogP contribution in [0.25, 0.3) is 0 Å². The second-order valence-corrected chi connectivity index (χ2v) is 4.92. The van der Waals surface area contributed by atoms with Crippen molar-refractivity contribution >= 4 is 5.84 Å². The van der Waals surface area contributed by atoms with Crippen molar-refractivity contribution in [1.29, 1.82) is 0 Å². The number of amidine groups is 1. The van der Waals surface area contributed by atoms with Crippen LogP contribution in [0.5, 0.6) is 11.5 Å². The predicted octanol–water partition coefficient (Wildman–Crippen LogP) is 0.499. The van der Waals surface area contributed by atoms with Gasteiger partial charge in [0, 0.05) is 18.7 Å². The van der Waals surface area contributed by atoms with Gasteiger partial charge >= 0.3 is 0 Å². The first-order valence-electron chi connectivity index (χ1n) is 6.73. The van der Waals surface area contributed by atoms with Crippen LogP contribution >= 0.6 is 0 Å². The van der Waals surface area contributed by atoms with Crippen LogP contribution in [0.4, 0.5) is 0 Å². The van der Waals surface area contributed by atoms with Crippen molar-refractivity contribution in [2.24, 2.45) is 10.9 Å². The molecule has 2 rings (SSSR count). The van der Waals surface area contributed by atoms with Gasteiger partial charge in [-0.1, -0.05) is 5.16 Å². The third kappa shape index (κ3) is 3.99. The van der Waals surface area contributed by atoms with E-state index in [4.69, 9.17) is 25.2 Å². The van der Waals surface area contributed by atoms with Crippen molar-refractivity contribution in [3.8, 4) is 11.5 Å². The van der Waals surface area contributed by atoms with Gasteiger partial charge in [0.2, 0.25) is 0 Å². The van der Waals surface area contributed by atoms with Crippen molar-refractivity contribution in [3.05, 3.63) is 23.8 Å². The molecule has 116 valence electrons. The van der Waals surface area contributed by atoms with Gasteiger partial charge in [0.25, 0.3) is 0 Å². The Balaban J connectivity index is 2.02. The average Bonchev–Trinajstić information content (AvgIpc) is 2.52. The van der Waals surface area contributed by atoms with E-state index in [9.17, 15) is 0 Å². The second kappa shape index (κ2) is 7.14. The highest BCUT2D eigenvalue weighted by molar-refractivity contribution is 5.97. The van der Waals surface area contributed by atoms with Crippen LogP contribution in [-0.2, 0) is 4.74 Å². The van der Waals surface area contributed by atoms with Crippen LogP contribution in [0.15, 0.2) is 23.4 Å². The summed E-state index contributed by atoms with van der Waals surface area (Å²) in [6.45, 7) is 2.94. The number of hydrogen-bond donors (Lipinski definition) is 2. The van der Waals surface area contributed by atoms with Crippen LogP contribution in [0, 0.1) is 0 Å². The molecule has 1 saturated heterocycles. The molecule has 1 aliphatic heterocycles. The number of nitrogens with zero attached hydrogens (tertiary/aromatic N) is 2. The normalized spacial score (nSPS) is 20.3. The van der Waals surface area contributed by atoms with E-state index in [1.54, 1.807) is 25.3 Å². The van der Waals surface area contributed by atoms with Crippen molar-refractivity contribution in [2.45, 2.75) is 6.10 Å². The Morgan fingerprint density at radius 2 is 2.33 bits per heavy atom. The summed E-state index contributed by atoms with van der Waals surface area (Å²) in [4.78, 5) is 2.20. The second-order valence-electron chi connectivity index (χ2n) is 4.92. The maximum Gasteiger partial charge on any atom is 0.170 e. The summed E-state index contributed by atoms with van der Waals surface area (Å²) in [6, 6.07) is 5.11. The van der Waals surface area contributed by atoms with Gasteiger partial charge in [-0.3, -0.25) is 0 Å². The van der Waals surface area contributed by atoms with Crippen LogP contribution in [-0.4, -0.2) is 62.5 Å². The van der Waals surface area contributed by atoms with E-state index in [-0.39, 0.29) is 11.9 Å². The Morgan fingerprint density at radius 3 is 3.00 bits per heavy atom. The van der Waals surface area contributed by atoms with E-state index in [0.29, 0.717) is 30.3 Å². The topological polar surface area (TPSA) is 89.5 Å². The first-order valence-corrected chi connectivity index (χ1v) is 6.73. The number of nitrogens with two attached hydrogens (primary N) is 1. The van der Waals surface area contributed by atoms with E-state index in [0.717, 1.165) is 13.1 Å². The number of morpholine rings is 1. The molecule has 1 unspecified atom stereocenters. The monoisotopic (exact) mass is 295 g/mol. The predicted molar refractivity (Wildman–Crippen MR) is 78.2 cm³/mol. The molecule has 1 fully saturated rings. The molecule has 0 bridgehead atoms. The van der Waals surface area contributed by atoms with Gasteiger partial charge in [-0.2, -0.15) is 0 Å².